The molecule has 21 heavy (non-hydrogen) atoms. The fourth-order valence-electron chi connectivity index (χ4n) is 3.84. The van der Waals surface area contributed by atoms with Crippen molar-refractivity contribution in [3.05, 3.63) is 29.8 Å². The summed E-state index contributed by atoms with van der Waals surface area (Å²) in [6.45, 7) is 7.97. The van der Waals surface area contributed by atoms with Crippen LogP contribution in [0.15, 0.2) is 24.3 Å². The highest BCUT2D eigenvalue weighted by Gasteiger charge is 2.32. The number of piperidine rings is 1. The van der Waals surface area contributed by atoms with Crippen molar-refractivity contribution in [1.29, 1.82) is 0 Å². The van der Waals surface area contributed by atoms with Gasteiger partial charge in [0.25, 0.3) is 0 Å². The predicted molar refractivity (Wildman–Crippen MR) is 87.7 cm³/mol. The summed E-state index contributed by atoms with van der Waals surface area (Å²) in [5.74, 6) is 0. The Kier molecular flexibility index (Phi) is 4.51. The summed E-state index contributed by atoms with van der Waals surface area (Å²) in [7, 11) is 0. The molecule has 2 fully saturated rings. The van der Waals surface area contributed by atoms with Gasteiger partial charge in [0.15, 0.2) is 0 Å². The molecule has 2 unspecified atom stereocenters. The molecular weight excluding hydrogens is 260 g/mol. The van der Waals surface area contributed by atoms with Gasteiger partial charge in [-0.25, -0.2) is 0 Å². The van der Waals surface area contributed by atoms with Crippen molar-refractivity contribution in [3.63, 3.8) is 0 Å². The molecule has 3 atom stereocenters. The topological polar surface area (TPSA) is 26.7 Å². The summed E-state index contributed by atoms with van der Waals surface area (Å²) in [5, 5.41) is 9.92. The van der Waals surface area contributed by atoms with Crippen LogP contribution in [0, 0.1) is 0 Å². The third-order valence-corrected chi connectivity index (χ3v) is 5.18. The number of aliphatic hydroxyl groups is 1. The number of hydrogen-bond acceptors (Lipinski definition) is 3. The number of hydrogen-bond donors (Lipinski definition) is 1. The second kappa shape index (κ2) is 6.37. The molecule has 1 aromatic carbocycles. The van der Waals surface area contributed by atoms with Crippen LogP contribution in [0.2, 0.25) is 0 Å². The number of piperazine rings is 1. The molecule has 3 heteroatoms. The summed E-state index contributed by atoms with van der Waals surface area (Å²) >= 11 is 0. The zero-order chi connectivity index (χ0) is 14.8. The summed E-state index contributed by atoms with van der Waals surface area (Å²) in [6.07, 6.45) is 4.54. The van der Waals surface area contributed by atoms with E-state index >= 15 is 0 Å². The van der Waals surface area contributed by atoms with Gasteiger partial charge in [-0.05, 0) is 50.4 Å². The summed E-state index contributed by atoms with van der Waals surface area (Å²) in [4.78, 5) is 5.23. The van der Waals surface area contributed by atoms with E-state index < -0.39 is 0 Å². The first-order chi connectivity index (χ1) is 10.2. The van der Waals surface area contributed by atoms with E-state index in [4.69, 9.17) is 0 Å². The van der Waals surface area contributed by atoms with Gasteiger partial charge in [0.05, 0.1) is 6.10 Å². The lowest BCUT2D eigenvalue weighted by atomic mass is 9.96. The standard InChI is InChI=1S/C18H28N2O/c1-3-18(21)15-7-9-16(10-8-15)20-13-17-6-4-5-11-19(17)12-14(20)2/h7-10,14,17-18,21H,3-6,11-13H2,1-2H3/t14?,17?,18-/m0/s1. The minimum Gasteiger partial charge on any atom is -0.388 e. The Labute approximate surface area is 128 Å². The minimum absolute atomic E-state index is 0.327. The highest BCUT2D eigenvalue weighted by atomic mass is 16.3. The SMILES string of the molecule is CC[C@H](O)c1ccc(N2CC3CCCCN3CC2C)cc1. The fourth-order valence-corrected chi connectivity index (χ4v) is 3.84. The lowest BCUT2D eigenvalue weighted by Crippen LogP contribution is -2.58. The van der Waals surface area contributed by atoms with Crippen LogP contribution in [0.5, 0.6) is 0 Å². The molecule has 3 rings (SSSR count). The van der Waals surface area contributed by atoms with Gasteiger partial charge in [-0.2, -0.15) is 0 Å². The van der Waals surface area contributed by atoms with E-state index in [0.717, 1.165) is 24.6 Å². The highest BCUT2D eigenvalue weighted by Crippen LogP contribution is 2.29. The minimum atomic E-state index is -0.327. The molecule has 1 aromatic rings. The maximum absolute atomic E-state index is 9.92. The van der Waals surface area contributed by atoms with Crippen LogP contribution in [0.4, 0.5) is 5.69 Å². The molecule has 0 bridgehead atoms. The molecule has 0 amide bonds. The molecule has 2 saturated heterocycles. The van der Waals surface area contributed by atoms with Gasteiger partial charge in [0.1, 0.15) is 0 Å². The van der Waals surface area contributed by atoms with Crippen molar-refractivity contribution in [3.8, 4) is 0 Å². The second-order valence-electron chi connectivity index (χ2n) is 6.66. The van der Waals surface area contributed by atoms with E-state index in [9.17, 15) is 5.11 Å². The van der Waals surface area contributed by atoms with E-state index in [0.29, 0.717) is 6.04 Å². The number of rotatable bonds is 3. The van der Waals surface area contributed by atoms with E-state index in [-0.39, 0.29) is 6.10 Å². The van der Waals surface area contributed by atoms with Gasteiger partial charge in [-0.3, -0.25) is 4.90 Å². The number of nitrogens with zero attached hydrogens (tertiary/aromatic N) is 2. The van der Waals surface area contributed by atoms with E-state index in [2.05, 4.69) is 41.0 Å². The molecule has 2 heterocycles. The van der Waals surface area contributed by atoms with Gasteiger partial charge < -0.3 is 10.0 Å². The molecule has 1 N–H and O–H groups in total. The molecule has 0 aliphatic carbocycles. The van der Waals surface area contributed by atoms with Crippen LogP contribution in [-0.2, 0) is 0 Å². The van der Waals surface area contributed by atoms with Gasteiger partial charge in [0.2, 0.25) is 0 Å². The predicted octanol–water partition coefficient (Wildman–Crippen LogP) is 3.19. The number of benzene rings is 1. The van der Waals surface area contributed by atoms with Gasteiger partial charge in [0, 0.05) is 30.9 Å². The van der Waals surface area contributed by atoms with Gasteiger partial charge in [-0.15, -0.1) is 0 Å². The Morgan fingerprint density at radius 1 is 1.19 bits per heavy atom. The average Bonchev–Trinajstić information content (AvgIpc) is 2.53. The van der Waals surface area contributed by atoms with Crippen LogP contribution in [0.1, 0.15) is 51.2 Å². The largest absolute Gasteiger partial charge is 0.388 e. The lowest BCUT2D eigenvalue weighted by molar-refractivity contribution is 0.115. The number of fused-ring (bicyclic) bond motifs is 1. The quantitative estimate of drug-likeness (QED) is 0.925. The van der Waals surface area contributed by atoms with Crippen LogP contribution in [-0.4, -0.2) is 41.7 Å². The van der Waals surface area contributed by atoms with Crippen LogP contribution in [0.25, 0.3) is 0 Å². The van der Waals surface area contributed by atoms with Crippen LogP contribution < -0.4 is 4.90 Å². The fraction of sp³-hybridized carbons (Fsp3) is 0.667. The summed E-state index contributed by atoms with van der Waals surface area (Å²) in [6, 6.07) is 9.84. The van der Waals surface area contributed by atoms with Crippen molar-refractivity contribution >= 4 is 5.69 Å². The first-order valence-corrected chi connectivity index (χ1v) is 8.47. The smallest absolute Gasteiger partial charge is 0.0787 e. The molecule has 0 aromatic heterocycles. The van der Waals surface area contributed by atoms with Crippen LogP contribution in [0.3, 0.4) is 0 Å². The zero-order valence-corrected chi connectivity index (χ0v) is 13.3. The Bertz CT molecular complexity index is 459. The Hall–Kier alpha value is -1.06. The van der Waals surface area contributed by atoms with Gasteiger partial charge in [-0.1, -0.05) is 25.5 Å². The first kappa shape index (κ1) is 14.9. The third kappa shape index (κ3) is 3.09. The highest BCUT2D eigenvalue weighted by molar-refractivity contribution is 5.49. The zero-order valence-electron chi connectivity index (χ0n) is 13.3. The monoisotopic (exact) mass is 288 g/mol. The molecular formula is C18H28N2O. The molecule has 0 saturated carbocycles. The maximum Gasteiger partial charge on any atom is 0.0787 e. The van der Waals surface area contributed by atoms with Crippen molar-refractivity contribution in [1.82, 2.24) is 4.90 Å². The lowest BCUT2D eigenvalue weighted by Gasteiger charge is -2.48. The van der Waals surface area contributed by atoms with Crippen LogP contribution >= 0.6 is 0 Å². The second-order valence-corrected chi connectivity index (χ2v) is 6.66. The van der Waals surface area contributed by atoms with Crippen molar-refractivity contribution in [2.45, 2.75) is 57.7 Å². The molecule has 2 aliphatic rings. The van der Waals surface area contributed by atoms with E-state index in [1.807, 2.05) is 6.92 Å². The number of anilines is 1. The average molecular weight is 288 g/mol. The Morgan fingerprint density at radius 3 is 2.67 bits per heavy atom. The summed E-state index contributed by atoms with van der Waals surface area (Å²) in [5.41, 5.74) is 2.34. The number of aliphatic hydroxyl groups excluding tert-OH is 1. The van der Waals surface area contributed by atoms with Crippen molar-refractivity contribution in [2.24, 2.45) is 0 Å². The Balaban J connectivity index is 1.73. The molecule has 3 nitrogen and oxygen atoms in total. The first-order valence-electron chi connectivity index (χ1n) is 8.47. The van der Waals surface area contributed by atoms with Crippen molar-refractivity contribution in [2.75, 3.05) is 24.5 Å². The maximum atomic E-state index is 9.92. The molecule has 0 radical (unpaired) electrons. The normalized spacial score (nSPS) is 28.2. The molecule has 116 valence electrons. The Morgan fingerprint density at radius 2 is 1.95 bits per heavy atom. The van der Waals surface area contributed by atoms with E-state index in [1.54, 1.807) is 0 Å². The van der Waals surface area contributed by atoms with E-state index in [1.165, 1.54) is 38.0 Å². The molecule has 0 spiro atoms. The third-order valence-electron chi connectivity index (χ3n) is 5.18. The van der Waals surface area contributed by atoms with Gasteiger partial charge >= 0.3 is 0 Å². The summed E-state index contributed by atoms with van der Waals surface area (Å²) < 4.78 is 0. The van der Waals surface area contributed by atoms with Crippen molar-refractivity contribution < 1.29 is 5.11 Å². The molecule has 2 aliphatic heterocycles.